The zero-order chi connectivity index (χ0) is 15.0. The van der Waals surface area contributed by atoms with Crippen LogP contribution >= 0.6 is 0 Å². The highest BCUT2D eigenvalue weighted by Gasteiger charge is 2.29. The fourth-order valence-electron chi connectivity index (χ4n) is 2.55. The molecule has 0 aliphatic heterocycles. The minimum absolute atomic E-state index is 0.0831. The number of hydrogen-bond donors (Lipinski definition) is 2. The maximum Gasteiger partial charge on any atom is 0.125 e. The van der Waals surface area contributed by atoms with E-state index in [2.05, 4.69) is 54.5 Å². The Balaban J connectivity index is 3.66. The van der Waals surface area contributed by atoms with Crippen LogP contribution in [0.15, 0.2) is 6.07 Å². The Morgan fingerprint density at radius 1 is 1.05 bits per heavy atom. The molecule has 1 rings (SSSR count). The van der Waals surface area contributed by atoms with Crippen molar-refractivity contribution in [3.8, 4) is 5.75 Å². The van der Waals surface area contributed by atoms with E-state index in [1.54, 1.807) is 0 Å². The monoisotopic (exact) mass is 263 g/mol. The first-order chi connectivity index (χ1) is 8.50. The van der Waals surface area contributed by atoms with Crippen LogP contribution in [-0.4, -0.2) is 5.11 Å². The Hall–Kier alpha value is -1.18. The highest BCUT2D eigenvalue weighted by Crippen LogP contribution is 2.44. The van der Waals surface area contributed by atoms with Gasteiger partial charge in [0.2, 0.25) is 0 Å². The second-order valence-corrected chi connectivity index (χ2v) is 7.47. The molecule has 1 aromatic rings. The lowest BCUT2D eigenvalue weighted by Gasteiger charge is -2.30. The third-order valence-electron chi connectivity index (χ3n) is 3.50. The van der Waals surface area contributed by atoms with E-state index in [-0.39, 0.29) is 10.8 Å². The summed E-state index contributed by atoms with van der Waals surface area (Å²) < 4.78 is 0. The molecular formula is C17H29NO. The Kier molecular flexibility index (Phi) is 4.23. The quantitative estimate of drug-likeness (QED) is 0.770. The number of nitrogen functional groups attached to an aromatic ring is 1. The number of phenolic OH excluding ortho intramolecular Hbond substituents is 1. The van der Waals surface area contributed by atoms with Gasteiger partial charge in [0.1, 0.15) is 5.75 Å². The Morgan fingerprint density at radius 2 is 1.58 bits per heavy atom. The molecule has 2 nitrogen and oxygen atoms in total. The smallest absolute Gasteiger partial charge is 0.125 e. The van der Waals surface area contributed by atoms with Crippen LogP contribution in [0.25, 0.3) is 0 Å². The van der Waals surface area contributed by atoms with Crippen molar-refractivity contribution < 1.29 is 5.11 Å². The summed E-state index contributed by atoms with van der Waals surface area (Å²) >= 11 is 0. The lowest BCUT2D eigenvalue weighted by atomic mass is 9.77. The molecule has 19 heavy (non-hydrogen) atoms. The summed E-state index contributed by atoms with van der Waals surface area (Å²) in [7, 11) is 0. The lowest BCUT2D eigenvalue weighted by Crippen LogP contribution is -2.20. The summed E-state index contributed by atoms with van der Waals surface area (Å²) in [5.74, 6) is 0.373. The van der Waals surface area contributed by atoms with E-state index in [0.717, 1.165) is 35.2 Å². The third kappa shape index (κ3) is 3.23. The number of aryl methyl sites for hydroxylation is 1. The van der Waals surface area contributed by atoms with E-state index in [1.165, 1.54) is 0 Å². The summed E-state index contributed by atoms with van der Waals surface area (Å²) in [4.78, 5) is 0. The van der Waals surface area contributed by atoms with Crippen LogP contribution in [0.5, 0.6) is 5.75 Å². The van der Waals surface area contributed by atoms with Gasteiger partial charge >= 0.3 is 0 Å². The molecule has 0 atom stereocenters. The Morgan fingerprint density at radius 3 is 1.95 bits per heavy atom. The van der Waals surface area contributed by atoms with Gasteiger partial charge in [-0.05, 0) is 34.4 Å². The Bertz CT molecular complexity index is 462. The molecular weight excluding hydrogens is 234 g/mol. The maximum absolute atomic E-state index is 10.7. The molecule has 0 fully saturated rings. The first kappa shape index (κ1) is 15.9. The molecule has 0 bridgehead atoms. The van der Waals surface area contributed by atoms with E-state index in [9.17, 15) is 5.11 Å². The summed E-state index contributed by atoms with van der Waals surface area (Å²) in [5, 5.41) is 10.7. The minimum Gasteiger partial charge on any atom is -0.507 e. The summed E-state index contributed by atoms with van der Waals surface area (Å²) in [6.45, 7) is 14.8. The second kappa shape index (κ2) is 5.07. The standard InChI is InChI=1S/C17H29NO/c1-8-9-11-10-12(16(2,3)4)15(19)13(14(11)18)17(5,6)7/h10,19H,8-9,18H2,1-7H3. The van der Waals surface area contributed by atoms with E-state index in [0.29, 0.717) is 5.75 Å². The van der Waals surface area contributed by atoms with Crippen LogP contribution in [0.4, 0.5) is 5.69 Å². The van der Waals surface area contributed by atoms with Crippen LogP contribution in [0.2, 0.25) is 0 Å². The van der Waals surface area contributed by atoms with Crippen molar-refractivity contribution in [2.45, 2.75) is 72.1 Å². The first-order valence-electron chi connectivity index (χ1n) is 7.15. The van der Waals surface area contributed by atoms with Crippen molar-refractivity contribution >= 4 is 5.69 Å². The van der Waals surface area contributed by atoms with Crippen LogP contribution in [0, 0.1) is 0 Å². The van der Waals surface area contributed by atoms with E-state index >= 15 is 0 Å². The van der Waals surface area contributed by atoms with Gasteiger partial charge in [0.05, 0.1) is 0 Å². The zero-order valence-electron chi connectivity index (χ0n) is 13.5. The number of rotatable bonds is 2. The molecule has 0 unspecified atom stereocenters. The largest absolute Gasteiger partial charge is 0.507 e. The lowest BCUT2D eigenvalue weighted by molar-refractivity contribution is 0.423. The predicted molar refractivity (Wildman–Crippen MR) is 83.9 cm³/mol. The van der Waals surface area contributed by atoms with Gasteiger partial charge in [-0.15, -0.1) is 0 Å². The number of nitrogens with two attached hydrogens (primary N) is 1. The number of aromatic hydroxyl groups is 1. The Labute approximate surface area is 118 Å². The number of anilines is 1. The average molecular weight is 263 g/mol. The van der Waals surface area contributed by atoms with Crippen molar-refractivity contribution in [1.82, 2.24) is 0 Å². The number of benzene rings is 1. The van der Waals surface area contributed by atoms with Crippen molar-refractivity contribution in [2.75, 3.05) is 5.73 Å². The third-order valence-corrected chi connectivity index (χ3v) is 3.50. The highest BCUT2D eigenvalue weighted by atomic mass is 16.3. The topological polar surface area (TPSA) is 46.2 Å². The van der Waals surface area contributed by atoms with E-state index in [1.807, 2.05) is 0 Å². The van der Waals surface area contributed by atoms with Gasteiger partial charge in [-0.3, -0.25) is 0 Å². The molecule has 2 heteroatoms. The van der Waals surface area contributed by atoms with Gasteiger partial charge < -0.3 is 10.8 Å². The highest BCUT2D eigenvalue weighted by molar-refractivity contribution is 5.66. The molecule has 3 N–H and O–H groups in total. The fraction of sp³-hybridized carbons (Fsp3) is 0.647. The molecule has 0 amide bonds. The SMILES string of the molecule is CCCc1cc(C(C)(C)C)c(O)c(C(C)(C)C)c1N. The molecule has 0 spiro atoms. The molecule has 0 aliphatic rings. The maximum atomic E-state index is 10.7. The van der Waals surface area contributed by atoms with Crippen molar-refractivity contribution in [1.29, 1.82) is 0 Å². The number of phenols is 1. The molecule has 108 valence electrons. The van der Waals surface area contributed by atoms with Crippen molar-refractivity contribution in [2.24, 2.45) is 0 Å². The van der Waals surface area contributed by atoms with Gasteiger partial charge in [-0.2, -0.15) is 0 Å². The van der Waals surface area contributed by atoms with Crippen LogP contribution in [-0.2, 0) is 17.3 Å². The van der Waals surface area contributed by atoms with Gasteiger partial charge in [-0.1, -0.05) is 54.9 Å². The molecule has 0 saturated carbocycles. The minimum atomic E-state index is -0.155. The summed E-state index contributed by atoms with van der Waals surface area (Å²) in [6.07, 6.45) is 2.01. The predicted octanol–water partition coefficient (Wildman–Crippen LogP) is 4.52. The molecule has 0 aliphatic carbocycles. The van der Waals surface area contributed by atoms with Gasteiger partial charge in [0, 0.05) is 11.3 Å². The molecule has 1 aromatic carbocycles. The molecule has 0 radical (unpaired) electrons. The van der Waals surface area contributed by atoms with Gasteiger partial charge in [0.15, 0.2) is 0 Å². The fourth-order valence-corrected chi connectivity index (χ4v) is 2.55. The van der Waals surface area contributed by atoms with Crippen molar-refractivity contribution in [3.05, 3.63) is 22.8 Å². The zero-order valence-corrected chi connectivity index (χ0v) is 13.5. The van der Waals surface area contributed by atoms with E-state index < -0.39 is 0 Å². The molecule has 0 aromatic heterocycles. The van der Waals surface area contributed by atoms with Crippen LogP contribution in [0.1, 0.15) is 71.6 Å². The van der Waals surface area contributed by atoms with Crippen LogP contribution < -0.4 is 5.73 Å². The van der Waals surface area contributed by atoms with Gasteiger partial charge in [-0.25, -0.2) is 0 Å². The first-order valence-corrected chi connectivity index (χ1v) is 7.15. The van der Waals surface area contributed by atoms with Crippen LogP contribution in [0.3, 0.4) is 0 Å². The average Bonchev–Trinajstić information content (AvgIpc) is 2.18. The summed E-state index contributed by atoms with van der Waals surface area (Å²) in [6, 6.07) is 2.09. The molecule has 0 heterocycles. The second-order valence-electron chi connectivity index (χ2n) is 7.47. The normalized spacial score (nSPS) is 12.8. The van der Waals surface area contributed by atoms with Gasteiger partial charge in [0.25, 0.3) is 0 Å². The number of hydrogen-bond acceptors (Lipinski definition) is 2. The molecule has 0 saturated heterocycles. The van der Waals surface area contributed by atoms with E-state index in [4.69, 9.17) is 5.73 Å². The summed E-state index contributed by atoms with van der Waals surface area (Å²) in [5.41, 5.74) is 9.88. The van der Waals surface area contributed by atoms with Crippen molar-refractivity contribution in [3.63, 3.8) is 0 Å².